The van der Waals surface area contributed by atoms with E-state index in [2.05, 4.69) is 0 Å². The predicted molar refractivity (Wildman–Crippen MR) is 100 cm³/mol. The van der Waals surface area contributed by atoms with Gasteiger partial charge in [0.1, 0.15) is 0 Å². The molecule has 2 N–H and O–H groups in total. The molecule has 1 aliphatic heterocycles. The average Bonchev–Trinajstić information content (AvgIpc) is 3.31. The Hall–Kier alpha value is -2.18. The summed E-state index contributed by atoms with van der Waals surface area (Å²) in [6.07, 6.45) is 2.96. The van der Waals surface area contributed by atoms with Crippen LogP contribution in [0.25, 0.3) is 0 Å². The van der Waals surface area contributed by atoms with Gasteiger partial charge in [-0.3, -0.25) is 4.79 Å². The van der Waals surface area contributed by atoms with Gasteiger partial charge in [-0.15, -0.1) is 11.3 Å². The number of hydrogen-bond acceptors (Lipinski definition) is 4. The van der Waals surface area contributed by atoms with Gasteiger partial charge in [-0.1, -0.05) is 18.2 Å². The molecule has 1 aromatic heterocycles. The zero-order chi connectivity index (χ0) is 18.5. The molecule has 0 bridgehead atoms. The van der Waals surface area contributed by atoms with Crippen LogP contribution in [0.3, 0.4) is 0 Å². The van der Waals surface area contributed by atoms with Crippen molar-refractivity contribution in [3.63, 3.8) is 0 Å². The van der Waals surface area contributed by atoms with Gasteiger partial charge in [0.25, 0.3) is 0 Å². The molecule has 138 valence electrons. The van der Waals surface area contributed by atoms with Crippen LogP contribution in [0.5, 0.6) is 0 Å². The highest BCUT2D eigenvalue weighted by molar-refractivity contribution is 7.10. The Morgan fingerprint density at radius 1 is 1.23 bits per heavy atom. The molecule has 3 rings (SSSR count). The van der Waals surface area contributed by atoms with Crippen LogP contribution in [0.4, 0.5) is 0 Å². The van der Waals surface area contributed by atoms with Crippen LogP contribution in [-0.4, -0.2) is 39.6 Å². The number of nitrogens with zero attached hydrogens (tertiary/aromatic N) is 1. The van der Waals surface area contributed by atoms with Crippen molar-refractivity contribution in [2.45, 2.75) is 44.2 Å². The minimum atomic E-state index is -0.947. The van der Waals surface area contributed by atoms with Crippen LogP contribution in [0.1, 0.15) is 52.6 Å². The van der Waals surface area contributed by atoms with Gasteiger partial charge in [-0.05, 0) is 54.8 Å². The molecule has 6 heteroatoms. The third kappa shape index (κ3) is 4.51. The van der Waals surface area contributed by atoms with E-state index >= 15 is 0 Å². The Kier molecular flexibility index (Phi) is 6.06. The van der Waals surface area contributed by atoms with Gasteiger partial charge in [0, 0.05) is 23.9 Å². The Morgan fingerprint density at radius 2 is 2.00 bits per heavy atom. The summed E-state index contributed by atoms with van der Waals surface area (Å²) in [4.78, 5) is 26.4. The number of benzene rings is 1. The molecular weight excluding hydrogens is 350 g/mol. The van der Waals surface area contributed by atoms with E-state index in [0.29, 0.717) is 19.3 Å². The van der Waals surface area contributed by atoms with Crippen LogP contribution in [-0.2, 0) is 11.2 Å². The maximum absolute atomic E-state index is 12.6. The van der Waals surface area contributed by atoms with Crippen molar-refractivity contribution < 1.29 is 19.8 Å². The molecule has 1 amide bonds. The van der Waals surface area contributed by atoms with Crippen molar-refractivity contribution in [2.75, 3.05) is 6.54 Å². The highest BCUT2D eigenvalue weighted by atomic mass is 32.1. The normalized spacial score (nSPS) is 18.0. The molecule has 0 unspecified atom stereocenters. The Morgan fingerprint density at radius 3 is 2.65 bits per heavy atom. The molecule has 1 fully saturated rings. The van der Waals surface area contributed by atoms with Crippen molar-refractivity contribution in [3.8, 4) is 0 Å². The molecule has 1 saturated heterocycles. The molecular formula is C20H23NO4S. The van der Waals surface area contributed by atoms with Crippen LogP contribution in [0.2, 0.25) is 0 Å². The molecule has 0 aliphatic carbocycles. The summed E-state index contributed by atoms with van der Waals surface area (Å²) >= 11 is 1.54. The van der Waals surface area contributed by atoms with Crippen molar-refractivity contribution >= 4 is 23.2 Å². The average molecular weight is 373 g/mol. The smallest absolute Gasteiger partial charge is 0.335 e. The lowest BCUT2D eigenvalue weighted by Gasteiger charge is -2.26. The van der Waals surface area contributed by atoms with Gasteiger partial charge in [0.05, 0.1) is 11.7 Å². The fourth-order valence-corrected chi connectivity index (χ4v) is 4.20. The summed E-state index contributed by atoms with van der Waals surface area (Å²) in [6.45, 7) is 0.749. The fraction of sp³-hybridized carbons (Fsp3) is 0.400. The molecule has 5 nitrogen and oxygen atoms in total. The summed E-state index contributed by atoms with van der Waals surface area (Å²) in [5, 5.41) is 21.2. The second-order valence-corrected chi connectivity index (χ2v) is 7.63. The van der Waals surface area contributed by atoms with Crippen molar-refractivity contribution in [3.05, 3.63) is 57.8 Å². The van der Waals surface area contributed by atoms with Gasteiger partial charge in [-0.25, -0.2) is 4.79 Å². The number of thiophene rings is 1. The number of aromatic carboxylic acids is 1. The number of hydrogen-bond donors (Lipinski definition) is 2. The van der Waals surface area contributed by atoms with E-state index in [1.165, 1.54) is 11.3 Å². The Labute approximate surface area is 156 Å². The Balaban J connectivity index is 1.53. The van der Waals surface area contributed by atoms with Crippen LogP contribution in [0.15, 0.2) is 41.8 Å². The zero-order valence-corrected chi connectivity index (χ0v) is 15.3. The first-order chi connectivity index (χ1) is 12.5. The van der Waals surface area contributed by atoms with Crippen molar-refractivity contribution in [1.29, 1.82) is 0 Å². The zero-order valence-electron chi connectivity index (χ0n) is 14.5. The molecule has 26 heavy (non-hydrogen) atoms. The number of amides is 1. The number of carboxylic acid groups (broad SMARTS) is 1. The minimum Gasteiger partial charge on any atom is -0.478 e. The third-order valence-electron chi connectivity index (χ3n) is 4.89. The number of aliphatic hydroxyl groups is 1. The van der Waals surface area contributed by atoms with E-state index in [-0.39, 0.29) is 17.5 Å². The number of carbonyl (C=O) groups is 2. The lowest BCUT2D eigenvalue weighted by atomic mass is 10.0. The predicted octanol–water partition coefficient (Wildman–Crippen LogP) is 3.49. The summed E-state index contributed by atoms with van der Waals surface area (Å²) in [5.41, 5.74) is 1.21. The standard InChI is InChI=1S/C20H23NO4S/c22-17(18-4-2-12-26-18)13-16-3-1-11-21(16)19(23)10-7-14-5-8-15(9-6-14)20(24)25/h2,4-6,8-9,12,16-17,22H,1,3,7,10-11,13H2,(H,24,25)/t16-,17+/m0/s1. The van der Waals surface area contributed by atoms with Gasteiger partial charge < -0.3 is 15.1 Å². The number of carboxylic acids is 1. The molecule has 1 aromatic carbocycles. The first-order valence-corrected chi connectivity index (χ1v) is 9.75. The lowest BCUT2D eigenvalue weighted by molar-refractivity contribution is -0.132. The summed E-state index contributed by atoms with van der Waals surface area (Å²) in [6, 6.07) is 10.6. The Bertz CT molecular complexity index is 742. The topological polar surface area (TPSA) is 77.8 Å². The van der Waals surface area contributed by atoms with E-state index in [0.717, 1.165) is 29.8 Å². The van der Waals surface area contributed by atoms with E-state index in [1.807, 2.05) is 22.4 Å². The summed E-state index contributed by atoms with van der Waals surface area (Å²) < 4.78 is 0. The van der Waals surface area contributed by atoms with Crippen LogP contribution in [0, 0.1) is 0 Å². The first kappa shape index (κ1) is 18.6. The third-order valence-corrected chi connectivity index (χ3v) is 5.87. The molecule has 1 aliphatic rings. The molecule has 0 radical (unpaired) electrons. The van der Waals surface area contributed by atoms with Gasteiger partial charge >= 0.3 is 5.97 Å². The molecule has 0 spiro atoms. The largest absolute Gasteiger partial charge is 0.478 e. The van der Waals surface area contributed by atoms with E-state index < -0.39 is 12.1 Å². The fourth-order valence-electron chi connectivity index (χ4n) is 3.47. The second kappa shape index (κ2) is 8.47. The maximum Gasteiger partial charge on any atom is 0.335 e. The lowest BCUT2D eigenvalue weighted by Crippen LogP contribution is -2.36. The number of rotatable bonds is 7. The highest BCUT2D eigenvalue weighted by Gasteiger charge is 2.30. The van der Waals surface area contributed by atoms with Crippen molar-refractivity contribution in [1.82, 2.24) is 4.90 Å². The van der Waals surface area contributed by atoms with E-state index in [4.69, 9.17) is 5.11 Å². The quantitative estimate of drug-likeness (QED) is 0.779. The highest BCUT2D eigenvalue weighted by Crippen LogP contribution is 2.30. The maximum atomic E-state index is 12.6. The minimum absolute atomic E-state index is 0.0917. The molecule has 2 heterocycles. The number of carbonyl (C=O) groups excluding carboxylic acids is 1. The van der Waals surface area contributed by atoms with Crippen molar-refractivity contribution in [2.24, 2.45) is 0 Å². The van der Waals surface area contributed by atoms with Gasteiger partial charge in [-0.2, -0.15) is 0 Å². The van der Waals surface area contributed by atoms with Crippen LogP contribution < -0.4 is 0 Å². The SMILES string of the molecule is O=C(O)c1ccc(CCC(=O)N2CCC[C@H]2C[C@@H](O)c2cccs2)cc1. The molecule has 2 atom stereocenters. The number of aliphatic hydroxyl groups excluding tert-OH is 1. The summed E-state index contributed by atoms with van der Waals surface area (Å²) in [7, 11) is 0. The van der Waals surface area contributed by atoms with Gasteiger partial charge in [0.2, 0.25) is 5.91 Å². The van der Waals surface area contributed by atoms with Crippen LogP contribution >= 0.6 is 11.3 Å². The van der Waals surface area contributed by atoms with E-state index in [1.54, 1.807) is 24.3 Å². The number of likely N-dealkylation sites (tertiary alicyclic amines) is 1. The molecule has 2 aromatic rings. The van der Waals surface area contributed by atoms with E-state index in [9.17, 15) is 14.7 Å². The van der Waals surface area contributed by atoms with Gasteiger partial charge in [0.15, 0.2) is 0 Å². The summed E-state index contributed by atoms with van der Waals surface area (Å²) in [5.74, 6) is -0.843. The second-order valence-electron chi connectivity index (χ2n) is 6.65. The monoisotopic (exact) mass is 373 g/mol. The number of aryl methyl sites for hydroxylation is 1. The molecule has 0 saturated carbocycles. The first-order valence-electron chi connectivity index (χ1n) is 8.88.